The first-order valence-corrected chi connectivity index (χ1v) is 9.25. The van der Waals surface area contributed by atoms with Crippen LogP contribution in [0.5, 0.6) is 0 Å². The van der Waals surface area contributed by atoms with Gasteiger partial charge in [-0.3, -0.25) is 5.73 Å². The second-order valence-corrected chi connectivity index (χ2v) is 6.61. The molecule has 1 aliphatic heterocycles. The van der Waals surface area contributed by atoms with Crippen LogP contribution in [0, 0.1) is 0 Å². The molecule has 2 unspecified atom stereocenters. The highest BCUT2D eigenvalue weighted by Gasteiger charge is 2.38. The van der Waals surface area contributed by atoms with Crippen LogP contribution in [0.2, 0.25) is 0 Å². The monoisotopic (exact) mass is 335 g/mol. The maximum absolute atomic E-state index is 11.1. The Morgan fingerprint density at radius 3 is 2.50 bits per heavy atom. The Hall–Kier alpha value is -1.46. The molecule has 0 saturated carbocycles. The molecule has 2 atom stereocenters. The average Bonchev–Trinajstić information content (AvgIpc) is 2.92. The summed E-state index contributed by atoms with van der Waals surface area (Å²) in [6.07, 6.45) is 17.9. The number of nitrogens with two attached hydrogens (primary N) is 1. The lowest BCUT2D eigenvalue weighted by molar-refractivity contribution is -0.808. The van der Waals surface area contributed by atoms with Gasteiger partial charge in [0.25, 0.3) is 0 Å². The molecular formula is C19H33N3O2. The topological polar surface area (TPSA) is 78.5 Å². The molecular weight excluding hydrogens is 302 g/mol. The lowest BCUT2D eigenvalue weighted by atomic mass is 10.1. The van der Waals surface area contributed by atoms with Gasteiger partial charge in [0.05, 0.1) is 12.2 Å². The van der Waals surface area contributed by atoms with Crippen LogP contribution in [0.4, 0.5) is 0 Å². The van der Waals surface area contributed by atoms with E-state index < -0.39 is 5.97 Å². The molecule has 0 aliphatic carbocycles. The number of carboxylic acids is 1. The van der Waals surface area contributed by atoms with Crippen molar-refractivity contribution in [2.24, 2.45) is 10.7 Å². The molecule has 1 aliphatic rings. The molecule has 2 N–H and O–H groups in total. The van der Waals surface area contributed by atoms with Crippen LogP contribution in [0.15, 0.2) is 29.5 Å². The fourth-order valence-corrected chi connectivity index (χ4v) is 3.05. The zero-order valence-corrected chi connectivity index (χ0v) is 15.2. The molecule has 0 aromatic carbocycles. The van der Waals surface area contributed by atoms with E-state index in [0.717, 1.165) is 31.5 Å². The van der Waals surface area contributed by atoms with Crippen molar-refractivity contribution in [3.63, 3.8) is 0 Å². The van der Waals surface area contributed by atoms with Gasteiger partial charge in [0.2, 0.25) is 5.84 Å². The van der Waals surface area contributed by atoms with Gasteiger partial charge < -0.3 is 9.90 Å². The Labute approximate surface area is 146 Å². The number of aliphatic carboxylic acids is 1. The third-order valence-electron chi connectivity index (χ3n) is 4.57. The number of carboxylic acid groups (broad SMARTS) is 1. The van der Waals surface area contributed by atoms with Crippen LogP contribution in [-0.4, -0.2) is 29.0 Å². The number of carbonyl (C=O) groups is 1. The van der Waals surface area contributed by atoms with E-state index >= 15 is 0 Å². The van der Waals surface area contributed by atoms with Crippen molar-refractivity contribution in [3.05, 3.63) is 24.6 Å². The number of hydrogen-bond donors (Lipinski definition) is 1. The van der Waals surface area contributed by atoms with E-state index in [4.69, 9.17) is 5.73 Å². The Balaban J connectivity index is 2.29. The number of nitrogens with zero attached hydrogens (tertiary/aromatic N) is 2. The van der Waals surface area contributed by atoms with E-state index in [2.05, 4.69) is 24.1 Å². The van der Waals surface area contributed by atoms with Crippen molar-refractivity contribution in [1.82, 2.24) is 0 Å². The summed E-state index contributed by atoms with van der Waals surface area (Å²) in [4.78, 5) is 15.4. The SMILES string of the molecule is CCCCCC/C=C/CCCCC1=NC=C[N+]1(CC(=O)[O-])C(C)N. The summed E-state index contributed by atoms with van der Waals surface area (Å²) in [6.45, 7) is 3.89. The van der Waals surface area contributed by atoms with Crippen LogP contribution in [0.25, 0.3) is 0 Å². The fourth-order valence-electron chi connectivity index (χ4n) is 3.05. The van der Waals surface area contributed by atoms with Gasteiger partial charge in [-0.15, -0.1) is 0 Å². The Bertz CT molecular complexity index is 469. The molecule has 136 valence electrons. The highest BCUT2D eigenvalue weighted by atomic mass is 16.4. The van der Waals surface area contributed by atoms with Crippen molar-refractivity contribution in [3.8, 4) is 0 Å². The number of rotatable bonds is 13. The third kappa shape index (κ3) is 6.57. The number of unbranched alkanes of at least 4 members (excludes halogenated alkanes) is 6. The molecule has 0 fully saturated rings. The molecule has 1 heterocycles. The minimum absolute atomic E-state index is 0.0929. The van der Waals surface area contributed by atoms with Gasteiger partial charge >= 0.3 is 0 Å². The molecule has 5 heteroatoms. The van der Waals surface area contributed by atoms with Crippen LogP contribution < -0.4 is 10.8 Å². The Morgan fingerprint density at radius 1 is 1.25 bits per heavy atom. The van der Waals surface area contributed by atoms with Gasteiger partial charge in [-0.05, 0) is 32.1 Å². The molecule has 0 saturated heterocycles. The standard InChI is InChI=1S/C19H33N3O2/c1-3-4-5-6-7-8-9-10-11-12-13-18-21-14-15-22(18,17(2)20)16-19(23)24/h8-9,14-15,17H,3-7,10-13,16,20H2,1-2H3/b9-8+. The van der Waals surface area contributed by atoms with Gasteiger partial charge in [-0.2, -0.15) is 0 Å². The highest BCUT2D eigenvalue weighted by molar-refractivity contribution is 5.81. The van der Waals surface area contributed by atoms with E-state index in [-0.39, 0.29) is 17.2 Å². The van der Waals surface area contributed by atoms with Gasteiger partial charge in [0.1, 0.15) is 18.9 Å². The second kappa shape index (κ2) is 11.2. The number of allylic oxidation sites excluding steroid dienone is 2. The minimum Gasteiger partial charge on any atom is -0.544 e. The van der Waals surface area contributed by atoms with Crippen molar-refractivity contribution in [2.45, 2.75) is 77.8 Å². The first-order valence-electron chi connectivity index (χ1n) is 9.25. The lowest BCUT2D eigenvalue weighted by Gasteiger charge is -2.36. The molecule has 0 amide bonds. The fraction of sp³-hybridized carbons (Fsp3) is 0.684. The molecule has 0 aromatic heterocycles. The maximum Gasteiger partial charge on any atom is 0.209 e. The lowest BCUT2D eigenvalue weighted by Crippen LogP contribution is -2.60. The summed E-state index contributed by atoms with van der Waals surface area (Å²) in [5.41, 5.74) is 6.03. The summed E-state index contributed by atoms with van der Waals surface area (Å²) < 4.78 is 0.0929. The molecule has 0 radical (unpaired) electrons. The maximum atomic E-state index is 11.1. The third-order valence-corrected chi connectivity index (χ3v) is 4.57. The van der Waals surface area contributed by atoms with E-state index in [0.29, 0.717) is 0 Å². The molecule has 0 spiro atoms. The van der Waals surface area contributed by atoms with Crippen LogP contribution in [0.3, 0.4) is 0 Å². The number of amidine groups is 1. The summed E-state index contributed by atoms with van der Waals surface area (Å²) in [5, 5.41) is 11.1. The Kier molecular flexibility index (Phi) is 9.57. The molecule has 5 nitrogen and oxygen atoms in total. The van der Waals surface area contributed by atoms with Gasteiger partial charge in [0.15, 0.2) is 0 Å². The van der Waals surface area contributed by atoms with Gasteiger partial charge in [-0.1, -0.05) is 38.3 Å². The normalized spacial score (nSPS) is 21.4. The summed E-state index contributed by atoms with van der Waals surface area (Å²) in [5.74, 6) is -0.268. The second-order valence-electron chi connectivity index (χ2n) is 6.61. The van der Waals surface area contributed by atoms with Crippen LogP contribution >= 0.6 is 0 Å². The largest absolute Gasteiger partial charge is 0.544 e. The van der Waals surface area contributed by atoms with Crippen LogP contribution in [0.1, 0.15) is 71.6 Å². The Morgan fingerprint density at radius 2 is 1.92 bits per heavy atom. The summed E-state index contributed by atoms with van der Waals surface area (Å²) >= 11 is 0. The van der Waals surface area contributed by atoms with E-state index in [1.807, 2.05) is 6.92 Å². The number of hydrogen-bond acceptors (Lipinski definition) is 4. The van der Waals surface area contributed by atoms with Crippen molar-refractivity contribution in [2.75, 3.05) is 6.54 Å². The van der Waals surface area contributed by atoms with Crippen molar-refractivity contribution < 1.29 is 14.4 Å². The highest BCUT2D eigenvalue weighted by Crippen LogP contribution is 2.23. The average molecular weight is 335 g/mol. The molecule has 24 heavy (non-hydrogen) atoms. The molecule has 0 aromatic rings. The van der Waals surface area contributed by atoms with Crippen LogP contribution in [-0.2, 0) is 4.79 Å². The van der Waals surface area contributed by atoms with E-state index in [9.17, 15) is 9.90 Å². The van der Waals surface area contributed by atoms with E-state index in [1.54, 1.807) is 12.4 Å². The molecule has 1 rings (SSSR count). The first kappa shape index (κ1) is 20.6. The quantitative estimate of drug-likeness (QED) is 0.319. The predicted molar refractivity (Wildman–Crippen MR) is 96.7 cm³/mol. The smallest absolute Gasteiger partial charge is 0.209 e. The summed E-state index contributed by atoms with van der Waals surface area (Å²) in [6, 6.07) is 0. The first-order chi connectivity index (χ1) is 11.5. The number of quaternary nitrogens is 1. The zero-order chi connectivity index (χ0) is 17.8. The van der Waals surface area contributed by atoms with Crippen molar-refractivity contribution in [1.29, 1.82) is 0 Å². The summed E-state index contributed by atoms with van der Waals surface area (Å²) in [7, 11) is 0. The molecule has 0 bridgehead atoms. The zero-order valence-electron chi connectivity index (χ0n) is 15.2. The number of aliphatic imine (C=N–C) groups is 1. The van der Waals surface area contributed by atoms with Gasteiger partial charge in [-0.25, -0.2) is 9.48 Å². The number of carbonyl (C=O) groups excluding carboxylic acids is 1. The minimum atomic E-state index is -1.10. The van der Waals surface area contributed by atoms with E-state index in [1.165, 1.54) is 32.1 Å². The van der Waals surface area contributed by atoms with Gasteiger partial charge in [0, 0.05) is 13.3 Å². The predicted octanol–water partition coefficient (Wildman–Crippen LogP) is 2.83. The van der Waals surface area contributed by atoms with Crippen molar-refractivity contribution >= 4 is 11.8 Å².